The number of aryl methyl sites for hydroxylation is 1. The molecule has 0 aliphatic rings. The number of amidine groups is 1. The molecular formula is C14H13FN4O2. The lowest BCUT2D eigenvalue weighted by atomic mass is 10.1. The van der Waals surface area contributed by atoms with Gasteiger partial charge in [-0.15, -0.1) is 0 Å². The summed E-state index contributed by atoms with van der Waals surface area (Å²) in [7, 11) is 0. The van der Waals surface area contributed by atoms with Crippen molar-refractivity contribution in [1.29, 1.82) is 0 Å². The average Bonchev–Trinajstić information content (AvgIpc) is 2.47. The molecule has 0 saturated heterocycles. The summed E-state index contributed by atoms with van der Waals surface area (Å²) in [5.74, 6) is -1.60. The zero-order valence-corrected chi connectivity index (χ0v) is 11.2. The third kappa shape index (κ3) is 3.14. The molecule has 1 amide bonds. The van der Waals surface area contributed by atoms with E-state index in [9.17, 15) is 9.18 Å². The molecule has 1 heterocycles. The van der Waals surface area contributed by atoms with Gasteiger partial charge < -0.3 is 16.3 Å². The first-order chi connectivity index (χ1) is 10.0. The fourth-order valence-corrected chi connectivity index (χ4v) is 1.74. The van der Waals surface area contributed by atoms with Gasteiger partial charge in [0.25, 0.3) is 5.91 Å². The molecule has 2 rings (SSSR count). The van der Waals surface area contributed by atoms with E-state index in [4.69, 9.17) is 10.9 Å². The average molecular weight is 288 g/mol. The molecule has 4 N–H and O–H groups in total. The smallest absolute Gasteiger partial charge is 0.257 e. The van der Waals surface area contributed by atoms with Gasteiger partial charge in [-0.1, -0.05) is 11.2 Å². The van der Waals surface area contributed by atoms with Crippen LogP contribution in [0.3, 0.4) is 0 Å². The molecule has 0 fully saturated rings. The summed E-state index contributed by atoms with van der Waals surface area (Å²) in [4.78, 5) is 16.1. The largest absolute Gasteiger partial charge is 0.409 e. The summed E-state index contributed by atoms with van der Waals surface area (Å²) in [5.41, 5.74) is 6.45. The molecule has 0 atom stereocenters. The summed E-state index contributed by atoms with van der Waals surface area (Å²) in [6.45, 7) is 1.80. The van der Waals surface area contributed by atoms with Gasteiger partial charge in [0, 0.05) is 11.9 Å². The Morgan fingerprint density at radius 2 is 2.14 bits per heavy atom. The highest BCUT2D eigenvalue weighted by atomic mass is 19.1. The molecule has 21 heavy (non-hydrogen) atoms. The van der Waals surface area contributed by atoms with E-state index in [0.29, 0.717) is 5.56 Å². The number of anilines is 1. The van der Waals surface area contributed by atoms with Crippen LogP contribution in [0.5, 0.6) is 0 Å². The number of pyridine rings is 1. The van der Waals surface area contributed by atoms with Crippen LogP contribution in [0.4, 0.5) is 10.1 Å². The van der Waals surface area contributed by atoms with Crippen LogP contribution in [0.1, 0.15) is 21.6 Å². The van der Waals surface area contributed by atoms with Crippen molar-refractivity contribution in [2.45, 2.75) is 6.92 Å². The maximum atomic E-state index is 13.8. The van der Waals surface area contributed by atoms with E-state index in [1.165, 1.54) is 18.3 Å². The number of carbonyl (C=O) groups is 1. The van der Waals surface area contributed by atoms with E-state index in [0.717, 1.165) is 11.8 Å². The van der Waals surface area contributed by atoms with Gasteiger partial charge in [-0.3, -0.25) is 9.78 Å². The van der Waals surface area contributed by atoms with Crippen molar-refractivity contribution in [3.05, 3.63) is 59.2 Å². The zero-order chi connectivity index (χ0) is 15.4. The molecule has 0 saturated carbocycles. The number of amides is 1. The molecule has 1 aromatic heterocycles. The lowest BCUT2D eigenvalue weighted by molar-refractivity contribution is 0.102. The molecule has 0 aliphatic carbocycles. The Kier molecular flexibility index (Phi) is 4.13. The molecule has 0 aliphatic heterocycles. The number of hydrogen-bond donors (Lipinski definition) is 3. The Morgan fingerprint density at radius 1 is 1.38 bits per heavy atom. The van der Waals surface area contributed by atoms with E-state index in [1.807, 2.05) is 0 Å². The van der Waals surface area contributed by atoms with Gasteiger partial charge in [0.05, 0.1) is 16.8 Å². The summed E-state index contributed by atoms with van der Waals surface area (Å²) in [6.07, 6.45) is 1.41. The van der Waals surface area contributed by atoms with Crippen molar-refractivity contribution in [3.63, 3.8) is 0 Å². The lowest BCUT2D eigenvalue weighted by Crippen LogP contribution is -2.20. The van der Waals surface area contributed by atoms with Crippen LogP contribution >= 0.6 is 0 Å². The van der Waals surface area contributed by atoms with Gasteiger partial charge in [0.1, 0.15) is 5.82 Å². The van der Waals surface area contributed by atoms with Gasteiger partial charge in [0.2, 0.25) is 0 Å². The second kappa shape index (κ2) is 6.00. The minimum Gasteiger partial charge on any atom is -0.409 e. The van der Waals surface area contributed by atoms with Crippen LogP contribution in [0.25, 0.3) is 0 Å². The molecule has 1 aromatic carbocycles. The van der Waals surface area contributed by atoms with E-state index in [1.54, 1.807) is 19.1 Å². The van der Waals surface area contributed by atoms with Crippen LogP contribution in [-0.2, 0) is 0 Å². The number of hydrogen-bond acceptors (Lipinski definition) is 4. The molecule has 0 bridgehead atoms. The van der Waals surface area contributed by atoms with Crippen LogP contribution < -0.4 is 11.1 Å². The van der Waals surface area contributed by atoms with Crippen molar-refractivity contribution in [2.24, 2.45) is 10.9 Å². The third-order valence-electron chi connectivity index (χ3n) is 2.80. The van der Waals surface area contributed by atoms with E-state index in [-0.39, 0.29) is 11.3 Å². The number of aromatic nitrogens is 1. The van der Waals surface area contributed by atoms with Crippen LogP contribution in [-0.4, -0.2) is 21.9 Å². The summed E-state index contributed by atoms with van der Waals surface area (Å²) in [6, 6.07) is 7.30. The number of oxime groups is 1. The number of halogens is 1. The first-order valence-electron chi connectivity index (χ1n) is 6.03. The number of carbonyl (C=O) groups excluding carboxylic acids is 1. The lowest BCUT2D eigenvalue weighted by Gasteiger charge is -2.11. The number of nitrogens with two attached hydrogens (primary N) is 1. The SMILES string of the molecule is Cc1ccc(C(=O)Nc2cccc(F)c2/C(N)=N/O)cn1. The summed E-state index contributed by atoms with van der Waals surface area (Å²) in [5, 5.41) is 14.0. The van der Waals surface area contributed by atoms with Crippen molar-refractivity contribution in [2.75, 3.05) is 5.32 Å². The van der Waals surface area contributed by atoms with Crippen LogP contribution in [0, 0.1) is 12.7 Å². The van der Waals surface area contributed by atoms with Gasteiger partial charge in [-0.2, -0.15) is 0 Å². The maximum absolute atomic E-state index is 13.8. The van der Waals surface area contributed by atoms with Crippen molar-refractivity contribution < 1.29 is 14.4 Å². The van der Waals surface area contributed by atoms with Crippen molar-refractivity contribution >= 4 is 17.4 Å². The second-order valence-corrected chi connectivity index (χ2v) is 4.29. The second-order valence-electron chi connectivity index (χ2n) is 4.29. The summed E-state index contributed by atoms with van der Waals surface area (Å²) < 4.78 is 13.8. The molecule has 2 aromatic rings. The summed E-state index contributed by atoms with van der Waals surface area (Å²) >= 11 is 0. The van der Waals surface area contributed by atoms with Crippen molar-refractivity contribution in [1.82, 2.24) is 4.98 Å². The standard InChI is InChI=1S/C14H13FN4O2/c1-8-5-6-9(7-17-8)14(20)18-11-4-2-3-10(15)12(11)13(16)19-21/h2-7,21H,1H3,(H2,16,19)(H,18,20). The van der Waals surface area contributed by atoms with E-state index < -0.39 is 17.6 Å². The fraction of sp³-hybridized carbons (Fsp3) is 0.0714. The van der Waals surface area contributed by atoms with Crippen LogP contribution in [0.15, 0.2) is 41.7 Å². The van der Waals surface area contributed by atoms with E-state index >= 15 is 0 Å². The minimum absolute atomic E-state index is 0.107. The fourth-order valence-electron chi connectivity index (χ4n) is 1.74. The number of nitrogens with one attached hydrogen (secondary N) is 1. The molecule has 6 nitrogen and oxygen atoms in total. The minimum atomic E-state index is -0.704. The first kappa shape index (κ1) is 14.4. The predicted molar refractivity (Wildman–Crippen MR) is 75.8 cm³/mol. The van der Waals surface area contributed by atoms with Gasteiger partial charge >= 0.3 is 0 Å². The molecule has 0 radical (unpaired) electrons. The quantitative estimate of drug-likeness (QED) is 0.347. The monoisotopic (exact) mass is 288 g/mol. The number of nitrogens with zero attached hydrogens (tertiary/aromatic N) is 2. The topological polar surface area (TPSA) is 101 Å². The Bertz CT molecular complexity index is 699. The molecule has 7 heteroatoms. The maximum Gasteiger partial charge on any atom is 0.257 e. The predicted octanol–water partition coefficient (Wildman–Crippen LogP) is 1.88. The normalized spacial score (nSPS) is 11.2. The molecule has 0 spiro atoms. The highest BCUT2D eigenvalue weighted by Gasteiger charge is 2.15. The Balaban J connectivity index is 2.33. The van der Waals surface area contributed by atoms with E-state index in [2.05, 4.69) is 15.5 Å². The van der Waals surface area contributed by atoms with Crippen molar-refractivity contribution in [3.8, 4) is 0 Å². The van der Waals surface area contributed by atoms with Gasteiger partial charge in [-0.25, -0.2) is 4.39 Å². The first-order valence-corrected chi connectivity index (χ1v) is 6.03. The number of rotatable bonds is 3. The molecular weight excluding hydrogens is 275 g/mol. The Hall–Kier alpha value is -2.96. The molecule has 0 unspecified atom stereocenters. The Labute approximate surface area is 120 Å². The molecule has 108 valence electrons. The van der Waals surface area contributed by atoms with Crippen LogP contribution in [0.2, 0.25) is 0 Å². The highest BCUT2D eigenvalue weighted by molar-refractivity contribution is 6.09. The third-order valence-corrected chi connectivity index (χ3v) is 2.80. The highest BCUT2D eigenvalue weighted by Crippen LogP contribution is 2.19. The van der Waals surface area contributed by atoms with Gasteiger partial charge in [-0.05, 0) is 31.2 Å². The zero-order valence-electron chi connectivity index (χ0n) is 11.2. The Morgan fingerprint density at radius 3 is 2.76 bits per heavy atom. The van der Waals surface area contributed by atoms with Gasteiger partial charge in [0.15, 0.2) is 5.84 Å². The number of benzene rings is 1.